The number of nitriles is 4. The minimum absolute atomic E-state index is 0.00853. The molecule has 0 saturated carbocycles. The van der Waals surface area contributed by atoms with E-state index in [0.29, 0.717) is 26.2 Å². The zero-order valence-corrected chi connectivity index (χ0v) is 21.0. The second-order valence-corrected chi connectivity index (χ2v) is 8.79. The highest BCUT2D eigenvalue weighted by Crippen LogP contribution is 2.36. The summed E-state index contributed by atoms with van der Waals surface area (Å²) < 4.78 is 0.351. The first-order valence-corrected chi connectivity index (χ1v) is 11.1. The molecular formula is C24H21BrClN5O2. The summed E-state index contributed by atoms with van der Waals surface area (Å²) in [5, 5.41) is 46.9. The molecule has 0 aliphatic carbocycles. The molecule has 2 aromatic rings. The van der Waals surface area contributed by atoms with E-state index in [1.807, 2.05) is 58.0 Å². The van der Waals surface area contributed by atoms with Crippen LogP contribution in [-0.4, -0.2) is 4.92 Å². The molecule has 0 heterocycles. The molecule has 0 atom stereocenters. The molecule has 0 aliphatic rings. The van der Waals surface area contributed by atoms with E-state index in [1.165, 1.54) is 6.07 Å². The third-order valence-electron chi connectivity index (χ3n) is 4.82. The fourth-order valence-electron chi connectivity index (χ4n) is 3.13. The normalized spacial score (nSPS) is 9.82. The van der Waals surface area contributed by atoms with Crippen LogP contribution in [0, 0.1) is 55.4 Å². The Balaban J connectivity index is 0.000000335. The van der Waals surface area contributed by atoms with Gasteiger partial charge in [0.1, 0.15) is 12.1 Å². The van der Waals surface area contributed by atoms with Crippen molar-refractivity contribution >= 4 is 33.2 Å². The Hall–Kier alpha value is -3.43. The van der Waals surface area contributed by atoms with Crippen molar-refractivity contribution in [3.63, 3.8) is 0 Å². The smallest absolute Gasteiger partial charge is 0.258 e. The van der Waals surface area contributed by atoms with Crippen molar-refractivity contribution in [3.8, 4) is 24.3 Å². The summed E-state index contributed by atoms with van der Waals surface area (Å²) in [5.41, 5.74) is 3.26. The third kappa shape index (κ3) is 6.53. The first kappa shape index (κ1) is 27.6. The number of halogens is 2. The van der Waals surface area contributed by atoms with Gasteiger partial charge in [-0.05, 0) is 44.5 Å². The van der Waals surface area contributed by atoms with Gasteiger partial charge in [0, 0.05) is 10.5 Å². The predicted octanol–water partition coefficient (Wildman–Crippen LogP) is 6.82. The van der Waals surface area contributed by atoms with Gasteiger partial charge in [0.2, 0.25) is 0 Å². The Kier molecular flexibility index (Phi) is 10.5. The largest absolute Gasteiger partial charge is 0.275 e. The minimum atomic E-state index is -0.523. The number of nitro groups is 1. The van der Waals surface area contributed by atoms with Crippen molar-refractivity contribution in [2.24, 2.45) is 0 Å². The van der Waals surface area contributed by atoms with Gasteiger partial charge in [-0.25, -0.2) is 0 Å². The van der Waals surface area contributed by atoms with Gasteiger partial charge < -0.3 is 0 Å². The van der Waals surface area contributed by atoms with Crippen LogP contribution >= 0.6 is 27.5 Å². The lowest BCUT2D eigenvalue weighted by Crippen LogP contribution is -2.03. The maximum absolute atomic E-state index is 11.0. The molecule has 0 spiro atoms. The van der Waals surface area contributed by atoms with Gasteiger partial charge in [0.15, 0.2) is 0 Å². The summed E-state index contributed by atoms with van der Waals surface area (Å²) in [6.45, 7) is 7.74. The molecule has 33 heavy (non-hydrogen) atoms. The van der Waals surface area contributed by atoms with Crippen LogP contribution in [0.25, 0.3) is 0 Å². The van der Waals surface area contributed by atoms with Crippen molar-refractivity contribution < 1.29 is 4.92 Å². The number of nitro benzene ring substituents is 1. The molecule has 0 aliphatic heterocycles. The van der Waals surface area contributed by atoms with Crippen LogP contribution in [0.5, 0.6) is 0 Å². The van der Waals surface area contributed by atoms with E-state index >= 15 is 0 Å². The van der Waals surface area contributed by atoms with Crippen LogP contribution in [0.4, 0.5) is 5.69 Å². The van der Waals surface area contributed by atoms with Gasteiger partial charge in [-0.2, -0.15) is 21.0 Å². The SMILES string of the molecule is CC(C)c1cc([N+](=O)[O-])c(CC#N)c(Br)c1C#N.CC(C)c1ccc(CC#N)c(Cl)c1C#N. The van der Waals surface area contributed by atoms with E-state index in [4.69, 9.17) is 32.6 Å². The van der Waals surface area contributed by atoms with Crippen molar-refractivity contribution in [1.29, 1.82) is 21.0 Å². The maximum atomic E-state index is 11.0. The summed E-state index contributed by atoms with van der Waals surface area (Å²) >= 11 is 9.27. The molecule has 0 bridgehead atoms. The Bertz CT molecular complexity index is 1230. The van der Waals surface area contributed by atoms with Crippen molar-refractivity contribution in [2.75, 3.05) is 0 Å². The highest BCUT2D eigenvalue weighted by Gasteiger charge is 2.24. The van der Waals surface area contributed by atoms with Crippen LogP contribution in [0.3, 0.4) is 0 Å². The quantitative estimate of drug-likeness (QED) is 0.309. The molecule has 0 saturated heterocycles. The molecule has 9 heteroatoms. The van der Waals surface area contributed by atoms with E-state index < -0.39 is 4.92 Å². The van der Waals surface area contributed by atoms with Crippen LogP contribution in [0.1, 0.15) is 72.9 Å². The second-order valence-electron chi connectivity index (χ2n) is 7.62. The van der Waals surface area contributed by atoms with E-state index in [1.54, 1.807) is 0 Å². The summed E-state index contributed by atoms with van der Waals surface area (Å²) in [4.78, 5) is 10.5. The highest BCUT2D eigenvalue weighted by atomic mass is 79.9. The standard InChI is InChI=1S/C12H10BrN3O2.C12H11ClN2/c1-7(2)9-5-11(16(17)18)8(3-4-14)12(13)10(9)6-15;1-8(2)10-4-3-9(5-6-14)12(13)11(10)7-15/h5,7H,3H2,1-2H3;3-4,8H,5H2,1-2H3. The van der Waals surface area contributed by atoms with E-state index in [9.17, 15) is 10.1 Å². The average molecular weight is 527 g/mol. The summed E-state index contributed by atoms with van der Waals surface area (Å²) in [6, 6.07) is 13.1. The number of hydrogen-bond acceptors (Lipinski definition) is 6. The number of benzene rings is 2. The monoisotopic (exact) mass is 525 g/mol. The predicted molar refractivity (Wildman–Crippen MR) is 128 cm³/mol. The van der Waals surface area contributed by atoms with Crippen LogP contribution in [-0.2, 0) is 12.8 Å². The molecule has 168 valence electrons. The molecular weight excluding hydrogens is 506 g/mol. The number of nitrogens with zero attached hydrogens (tertiary/aromatic N) is 5. The maximum Gasteiger partial charge on any atom is 0.275 e. The van der Waals surface area contributed by atoms with Crippen molar-refractivity contribution in [3.05, 3.63) is 71.2 Å². The molecule has 0 aromatic heterocycles. The zero-order valence-electron chi connectivity index (χ0n) is 18.6. The molecule has 2 aromatic carbocycles. The fourth-order valence-corrected chi connectivity index (χ4v) is 4.07. The Labute approximate surface area is 206 Å². The van der Waals surface area contributed by atoms with E-state index in [-0.39, 0.29) is 35.9 Å². The van der Waals surface area contributed by atoms with Crippen molar-refractivity contribution in [1.82, 2.24) is 0 Å². The number of hydrogen-bond donors (Lipinski definition) is 0. The average Bonchev–Trinajstić information content (AvgIpc) is 2.76. The lowest BCUT2D eigenvalue weighted by molar-refractivity contribution is -0.385. The van der Waals surface area contributed by atoms with Crippen LogP contribution in [0.2, 0.25) is 5.02 Å². The topological polar surface area (TPSA) is 138 Å². The van der Waals surface area contributed by atoms with Crippen LogP contribution < -0.4 is 0 Å². The molecule has 7 nitrogen and oxygen atoms in total. The molecule has 0 amide bonds. The Morgan fingerprint density at radius 2 is 1.52 bits per heavy atom. The van der Waals surface area contributed by atoms with E-state index in [2.05, 4.69) is 22.0 Å². The summed E-state index contributed by atoms with van der Waals surface area (Å²) in [6.07, 6.45) is 0.135. The molecule has 2 rings (SSSR count). The Morgan fingerprint density at radius 3 is 1.94 bits per heavy atom. The van der Waals surface area contributed by atoms with Gasteiger partial charge in [-0.15, -0.1) is 0 Å². The van der Waals surface area contributed by atoms with Gasteiger partial charge >= 0.3 is 0 Å². The lowest BCUT2D eigenvalue weighted by Gasteiger charge is -2.12. The van der Waals surface area contributed by atoms with Gasteiger partial charge in [0.05, 0.1) is 51.6 Å². The number of rotatable bonds is 5. The lowest BCUT2D eigenvalue weighted by atomic mass is 9.94. The van der Waals surface area contributed by atoms with Crippen LogP contribution in [0.15, 0.2) is 22.7 Å². The first-order chi connectivity index (χ1) is 15.5. The third-order valence-corrected chi connectivity index (χ3v) is 6.13. The first-order valence-electron chi connectivity index (χ1n) is 9.90. The van der Waals surface area contributed by atoms with Gasteiger partial charge in [0.25, 0.3) is 5.69 Å². The minimum Gasteiger partial charge on any atom is -0.258 e. The van der Waals surface area contributed by atoms with Gasteiger partial charge in [-0.1, -0.05) is 51.4 Å². The Morgan fingerprint density at radius 1 is 0.970 bits per heavy atom. The molecule has 0 unspecified atom stereocenters. The molecule has 0 radical (unpaired) electrons. The van der Waals surface area contributed by atoms with E-state index in [0.717, 1.165) is 11.1 Å². The molecule has 0 N–H and O–H groups in total. The second kappa shape index (κ2) is 12.6. The molecule has 0 fully saturated rings. The highest BCUT2D eigenvalue weighted by molar-refractivity contribution is 9.10. The zero-order chi connectivity index (χ0) is 25.3. The van der Waals surface area contributed by atoms with Gasteiger partial charge in [-0.3, -0.25) is 10.1 Å². The summed E-state index contributed by atoms with van der Waals surface area (Å²) in [7, 11) is 0. The van der Waals surface area contributed by atoms with Crippen molar-refractivity contribution in [2.45, 2.75) is 52.4 Å². The summed E-state index contributed by atoms with van der Waals surface area (Å²) in [5.74, 6) is 0.249. The fraction of sp³-hybridized carbons (Fsp3) is 0.333.